The van der Waals surface area contributed by atoms with Crippen LogP contribution < -0.4 is 14.2 Å². The van der Waals surface area contributed by atoms with Crippen molar-refractivity contribution < 1.29 is 19.3 Å². The Kier molecular flexibility index (Phi) is 6.97. The first-order chi connectivity index (χ1) is 10.3. The summed E-state index contributed by atoms with van der Waals surface area (Å²) in [6.45, 7) is 8.44. The van der Waals surface area contributed by atoms with Crippen LogP contribution in [0.2, 0.25) is 0 Å². The Morgan fingerprint density at radius 2 is 1.77 bits per heavy atom. The van der Waals surface area contributed by atoms with Gasteiger partial charge in [0.05, 0.1) is 20.8 Å². The highest BCUT2D eigenvalue weighted by atomic mass is 16.5. The first kappa shape index (κ1) is 18.6. The van der Waals surface area contributed by atoms with Crippen LogP contribution in [0.5, 0.6) is 17.2 Å². The highest BCUT2D eigenvalue weighted by Gasteiger charge is 2.24. The number of benzene rings is 1. The second-order valence-electron chi connectivity index (χ2n) is 6.33. The van der Waals surface area contributed by atoms with Gasteiger partial charge in [0.2, 0.25) is 0 Å². The Bertz CT molecular complexity index is 468. The van der Waals surface area contributed by atoms with Gasteiger partial charge in [-0.15, -0.1) is 0 Å². The highest BCUT2D eigenvalue weighted by Crippen LogP contribution is 2.41. The monoisotopic (exact) mass is 311 g/mol. The first-order valence-electron chi connectivity index (χ1n) is 7.52. The van der Waals surface area contributed by atoms with Gasteiger partial charge in [0.1, 0.15) is 12.4 Å². The van der Waals surface area contributed by atoms with Gasteiger partial charge in [-0.2, -0.15) is 0 Å². The van der Waals surface area contributed by atoms with Crippen LogP contribution >= 0.6 is 0 Å². The molecule has 0 atom stereocenters. The molecule has 0 fully saturated rings. The molecular formula is C17H29NO4. The van der Waals surface area contributed by atoms with Crippen molar-refractivity contribution in [3.63, 3.8) is 0 Å². The standard InChI is InChI=1S/C17H29NO4/c1-17(2,3)14-11-13(20-5)12-15(21-6)16(14)22-10-8-18(4)7-9-19/h11-12,19H,7-10H2,1-6H3. The molecule has 0 radical (unpaired) electrons. The quantitative estimate of drug-likeness (QED) is 0.798. The maximum absolute atomic E-state index is 8.93. The smallest absolute Gasteiger partial charge is 0.165 e. The minimum absolute atomic E-state index is 0.0891. The molecule has 0 saturated heterocycles. The van der Waals surface area contributed by atoms with Crippen molar-refractivity contribution in [2.45, 2.75) is 26.2 Å². The van der Waals surface area contributed by atoms with Gasteiger partial charge in [-0.25, -0.2) is 0 Å². The molecular weight excluding hydrogens is 282 g/mol. The number of nitrogens with zero attached hydrogens (tertiary/aromatic N) is 1. The first-order valence-corrected chi connectivity index (χ1v) is 7.52. The van der Waals surface area contributed by atoms with Crippen LogP contribution in [0, 0.1) is 0 Å². The van der Waals surface area contributed by atoms with Crippen molar-refractivity contribution in [2.75, 3.05) is 47.6 Å². The van der Waals surface area contributed by atoms with E-state index < -0.39 is 0 Å². The molecule has 1 aromatic carbocycles. The number of methoxy groups -OCH3 is 2. The zero-order valence-electron chi connectivity index (χ0n) is 14.6. The minimum atomic E-state index is -0.0891. The van der Waals surface area contributed by atoms with Gasteiger partial charge in [0.25, 0.3) is 0 Å². The summed E-state index contributed by atoms with van der Waals surface area (Å²) in [7, 11) is 5.23. The summed E-state index contributed by atoms with van der Waals surface area (Å²) in [5.74, 6) is 2.19. The third kappa shape index (κ3) is 5.07. The van der Waals surface area contributed by atoms with Crippen LogP contribution in [0.4, 0.5) is 0 Å². The molecule has 0 aliphatic carbocycles. The second kappa shape index (κ2) is 8.25. The largest absolute Gasteiger partial charge is 0.497 e. The highest BCUT2D eigenvalue weighted by molar-refractivity contribution is 5.54. The summed E-state index contributed by atoms with van der Waals surface area (Å²) in [5, 5.41) is 8.93. The van der Waals surface area contributed by atoms with Crippen LogP contribution in [-0.2, 0) is 5.41 Å². The minimum Gasteiger partial charge on any atom is -0.497 e. The fourth-order valence-corrected chi connectivity index (χ4v) is 2.14. The van der Waals surface area contributed by atoms with E-state index in [-0.39, 0.29) is 12.0 Å². The van der Waals surface area contributed by atoms with Gasteiger partial charge in [-0.3, -0.25) is 0 Å². The third-order valence-corrected chi connectivity index (χ3v) is 3.49. The summed E-state index contributed by atoms with van der Waals surface area (Å²) in [5.41, 5.74) is 0.960. The number of rotatable bonds is 8. The Labute approximate surface area is 133 Å². The van der Waals surface area contributed by atoms with Gasteiger partial charge < -0.3 is 24.2 Å². The van der Waals surface area contributed by atoms with Crippen LogP contribution in [0.3, 0.4) is 0 Å². The van der Waals surface area contributed by atoms with Gasteiger partial charge in [-0.1, -0.05) is 20.8 Å². The Morgan fingerprint density at radius 3 is 2.27 bits per heavy atom. The molecule has 0 saturated carbocycles. The lowest BCUT2D eigenvalue weighted by Gasteiger charge is -2.26. The molecule has 22 heavy (non-hydrogen) atoms. The van der Waals surface area contributed by atoms with Crippen molar-refractivity contribution in [2.24, 2.45) is 0 Å². The molecule has 5 nitrogen and oxygen atoms in total. The van der Waals surface area contributed by atoms with E-state index in [1.165, 1.54) is 0 Å². The van der Waals surface area contributed by atoms with Crippen molar-refractivity contribution in [3.8, 4) is 17.2 Å². The van der Waals surface area contributed by atoms with Crippen LogP contribution in [0.15, 0.2) is 12.1 Å². The van der Waals surface area contributed by atoms with Crippen molar-refractivity contribution in [1.82, 2.24) is 4.90 Å². The maximum Gasteiger partial charge on any atom is 0.165 e. The SMILES string of the molecule is COc1cc(OC)c(OCCN(C)CCO)c(C(C)(C)C)c1. The van der Waals surface area contributed by atoms with E-state index >= 15 is 0 Å². The van der Waals surface area contributed by atoms with Crippen LogP contribution in [-0.4, -0.2) is 57.6 Å². The van der Waals surface area contributed by atoms with Crippen molar-refractivity contribution in [3.05, 3.63) is 17.7 Å². The fraction of sp³-hybridized carbons (Fsp3) is 0.647. The molecule has 5 heteroatoms. The topological polar surface area (TPSA) is 51.2 Å². The molecule has 1 N–H and O–H groups in total. The Hall–Kier alpha value is -1.46. The van der Waals surface area contributed by atoms with E-state index in [0.29, 0.717) is 18.9 Å². The summed E-state index contributed by atoms with van der Waals surface area (Å²) in [6, 6.07) is 3.83. The van der Waals surface area contributed by atoms with E-state index in [9.17, 15) is 0 Å². The number of hydrogen-bond donors (Lipinski definition) is 1. The molecule has 0 bridgehead atoms. The molecule has 0 heterocycles. The molecule has 1 rings (SSSR count). The molecule has 126 valence electrons. The lowest BCUT2D eigenvalue weighted by molar-refractivity contribution is 0.188. The molecule has 0 unspecified atom stereocenters. The summed E-state index contributed by atoms with van der Waals surface area (Å²) in [6.07, 6.45) is 0. The van der Waals surface area contributed by atoms with E-state index in [4.69, 9.17) is 19.3 Å². The van der Waals surface area contributed by atoms with Gasteiger partial charge in [-0.05, 0) is 18.5 Å². The van der Waals surface area contributed by atoms with E-state index in [1.54, 1.807) is 14.2 Å². The van der Waals surface area contributed by atoms with Gasteiger partial charge in [0.15, 0.2) is 11.5 Å². The molecule has 0 spiro atoms. The fourth-order valence-electron chi connectivity index (χ4n) is 2.14. The number of aliphatic hydroxyl groups excluding tert-OH is 1. The number of hydrogen-bond acceptors (Lipinski definition) is 5. The van der Waals surface area contributed by atoms with E-state index in [2.05, 4.69) is 20.8 Å². The van der Waals surface area contributed by atoms with E-state index in [0.717, 1.165) is 23.6 Å². The zero-order valence-corrected chi connectivity index (χ0v) is 14.6. The molecule has 0 aliphatic heterocycles. The molecule has 0 amide bonds. The zero-order chi connectivity index (χ0) is 16.8. The van der Waals surface area contributed by atoms with Crippen molar-refractivity contribution in [1.29, 1.82) is 0 Å². The predicted octanol–water partition coefficient (Wildman–Crippen LogP) is 2.30. The number of ether oxygens (including phenoxy) is 3. The Balaban J connectivity index is 3.00. The maximum atomic E-state index is 8.93. The number of likely N-dealkylation sites (N-methyl/N-ethyl adjacent to an activating group) is 1. The predicted molar refractivity (Wildman–Crippen MR) is 88.3 cm³/mol. The summed E-state index contributed by atoms with van der Waals surface area (Å²) in [4.78, 5) is 2.02. The summed E-state index contributed by atoms with van der Waals surface area (Å²) < 4.78 is 16.8. The molecule has 1 aromatic rings. The Morgan fingerprint density at radius 1 is 1.09 bits per heavy atom. The lowest BCUT2D eigenvalue weighted by atomic mass is 9.86. The average Bonchev–Trinajstić information content (AvgIpc) is 2.46. The van der Waals surface area contributed by atoms with Crippen molar-refractivity contribution >= 4 is 0 Å². The number of aliphatic hydroxyl groups is 1. The normalized spacial score (nSPS) is 11.6. The summed E-state index contributed by atoms with van der Waals surface area (Å²) >= 11 is 0. The van der Waals surface area contributed by atoms with Crippen LogP contribution in [0.25, 0.3) is 0 Å². The van der Waals surface area contributed by atoms with Crippen LogP contribution in [0.1, 0.15) is 26.3 Å². The van der Waals surface area contributed by atoms with E-state index in [1.807, 2.05) is 24.1 Å². The molecule has 0 aromatic heterocycles. The van der Waals surface area contributed by atoms with Gasteiger partial charge >= 0.3 is 0 Å². The lowest BCUT2D eigenvalue weighted by Crippen LogP contribution is -2.27. The molecule has 0 aliphatic rings. The third-order valence-electron chi connectivity index (χ3n) is 3.49. The average molecular weight is 311 g/mol. The second-order valence-corrected chi connectivity index (χ2v) is 6.33. The van der Waals surface area contributed by atoms with Gasteiger partial charge in [0, 0.05) is 24.7 Å².